The van der Waals surface area contributed by atoms with E-state index in [2.05, 4.69) is 35.8 Å². The average molecular weight is 363 g/mol. The minimum absolute atomic E-state index is 0.130. The minimum atomic E-state index is 0.130. The Labute approximate surface area is 159 Å². The SMILES string of the molecule is CCOC1(CC)CCC(c2c(CN(C)CCNC)nn3c2CCC3)CC1. The van der Waals surface area contributed by atoms with Gasteiger partial charge in [0.2, 0.25) is 0 Å². The van der Waals surface area contributed by atoms with Crippen molar-refractivity contribution in [1.29, 1.82) is 0 Å². The van der Waals surface area contributed by atoms with E-state index in [0.717, 1.165) is 39.2 Å². The van der Waals surface area contributed by atoms with Gasteiger partial charge in [0, 0.05) is 44.0 Å². The highest BCUT2D eigenvalue weighted by atomic mass is 16.5. The summed E-state index contributed by atoms with van der Waals surface area (Å²) in [6, 6.07) is 0. The summed E-state index contributed by atoms with van der Waals surface area (Å²) in [6.07, 6.45) is 8.50. The molecule has 1 N–H and O–H groups in total. The van der Waals surface area contributed by atoms with E-state index in [0.29, 0.717) is 5.92 Å². The van der Waals surface area contributed by atoms with E-state index in [1.54, 1.807) is 5.56 Å². The first-order chi connectivity index (χ1) is 12.6. The molecule has 2 heterocycles. The molecule has 1 aliphatic heterocycles. The highest BCUT2D eigenvalue weighted by Gasteiger charge is 2.37. The second kappa shape index (κ2) is 8.85. The number of nitrogens with zero attached hydrogens (tertiary/aromatic N) is 3. The molecular weight excluding hydrogens is 324 g/mol. The van der Waals surface area contributed by atoms with E-state index in [4.69, 9.17) is 9.84 Å². The van der Waals surface area contributed by atoms with E-state index < -0.39 is 0 Å². The standard InChI is InChI=1S/C21H38N4O/c1-5-21(26-6-2)11-9-17(10-12-21)20-18(16-24(4)15-13-22-3)23-25-14-7-8-19(20)25/h17,22H,5-16H2,1-4H3. The summed E-state index contributed by atoms with van der Waals surface area (Å²) in [7, 11) is 4.23. The van der Waals surface area contributed by atoms with Crippen LogP contribution in [0.3, 0.4) is 0 Å². The Bertz CT molecular complexity index is 575. The van der Waals surface area contributed by atoms with Crippen molar-refractivity contribution < 1.29 is 4.74 Å². The van der Waals surface area contributed by atoms with Crippen LogP contribution in [0.2, 0.25) is 0 Å². The predicted octanol–water partition coefficient (Wildman–Crippen LogP) is 3.32. The van der Waals surface area contributed by atoms with Gasteiger partial charge in [0.15, 0.2) is 0 Å². The number of ether oxygens (including phenoxy) is 1. The second-order valence-electron chi connectivity index (χ2n) is 8.22. The number of likely N-dealkylation sites (N-methyl/N-ethyl adjacent to an activating group) is 2. The Morgan fingerprint density at radius 1 is 1.31 bits per heavy atom. The Balaban J connectivity index is 1.75. The van der Waals surface area contributed by atoms with Crippen LogP contribution in [0, 0.1) is 0 Å². The lowest BCUT2D eigenvalue weighted by atomic mass is 9.74. The number of aryl methyl sites for hydroxylation is 1. The molecule has 148 valence electrons. The van der Waals surface area contributed by atoms with E-state index >= 15 is 0 Å². The molecule has 1 fully saturated rings. The van der Waals surface area contributed by atoms with Crippen molar-refractivity contribution in [2.45, 2.75) is 83.4 Å². The van der Waals surface area contributed by atoms with Crippen molar-refractivity contribution in [2.75, 3.05) is 33.8 Å². The molecular formula is C21H38N4O. The van der Waals surface area contributed by atoms with E-state index in [9.17, 15) is 0 Å². The number of nitrogens with one attached hydrogen (secondary N) is 1. The van der Waals surface area contributed by atoms with Gasteiger partial charge in [-0.15, -0.1) is 0 Å². The summed E-state index contributed by atoms with van der Waals surface area (Å²) >= 11 is 0. The fraction of sp³-hybridized carbons (Fsp3) is 0.857. The first kappa shape index (κ1) is 19.8. The fourth-order valence-electron chi connectivity index (χ4n) is 4.97. The molecule has 3 rings (SSSR count). The lowest BCUT2D eigenvalue weighted by Crippen LogP contribution is -2.36. The van der Waals surface area contributed by atoms with Crippen molar-refractivity contribution in [3.63, 3.8) is 0 Å². The van der Waals surface area contributed by atoms with Gasteiger partial charge in [0.05, 0.1) is 11.3 Å². The monoisotopic (exact) mass is 362 g/mol. The van der Waals surface area contributed by atoms with Crippen LogP contribution in [0.5, 0.6) is 0 Å². The maximum absolute atomic E-state index is 6.18. The lowest BCUT2D eigenvalue weighted by molar-refractivity contribution is -0.0701. The molecule has 2 aliphatic rings. The maximum atomic E-state index is 6.18. The minimum Gasteiger partial charge on any atom is -0.375 e. The average Bonchev–Trinajstić information content (AvgIpc) is 3.22. The van der Waals surface area contributed by atoms with Gasteiger partial charge in [-0.2, -0.15) is 5.10 Å². The van der Waals surface area contributed by atoms with Crippen LogP contribution in [-0.4, -0.2) is 54.1 Å². The zero-order chi connectivity index (χ0) is 18.6. The Morgan fingerprint density at radius 3 is 2.73 bits per heavy atom. The van der Waals surface area contributed by atoms with Crippen molar-refractivity contribution in [2.24, 2.45) is 0 Å². The van der Waals surface area contributed by atoms with Gasteiger partial charge in [-0.3, -0.25) is 9.58 Å². The summed E-state index contributed by atoms with van der Waals surface area (Å²) in [5.41, 5.74) is 4.60. The summed E-state index contributed by atoms with van der Waals surface area (Å²) in [5.74, 6) is 0.671. The third kappa shape index (κ3) is 4.15. The topological polar surface area (TPSA) is 42.3 Å². The van der Waals surface area contributed by atoms with E-state index in [-0.39, 0.29) is 5.60 Å². The molecule has 0 bridgehead atoms. The molecule has 5 nitrogen and oxygen atoms in total. The molecule has 0 amide bonds. The van der Waals surface area contributed by atoms with Crippen molar-refractivity contribution in [1.82, 2.24) is 20.0 Å². The van der Waals surface area contributed by atoms with Crippen molar-refractivity contribution in [3.05, 3.63) is 17.0 Å². The van der Waals surface area contributed by atoms with Gasteiger partial charge in [-0.25, -0.2) is 0 Å². The molecule has 0 spiro atoms. The second-order valence-corrected chi connectivity index (χ2v) is 8.22. The number of hydrogen-bond donors (Lipinski definition) is 1. The normalized spacial score (nSPS) is 25.8. The van der Waals surface area contributed by atoms with Crippen LogP contribution in [-0.2, 0) is 24.2 Å². The molecule has 0 atom stereocenters. The van der Waals surface area contributed by atoms with Crippen LogP contribution >= 0.6 is 0 Å². The van der Waals surface area contributed by atoms with Gasteiger partial charge >= 0.3 is 0 Å². The van der Waals surface area contributed by atoms with Gasteiger partial charge in [0.25, 0.3) is 0 Å². The van der Waals surface area contributed by atoms with Gasteiger partial charge in [0.1, 0.15) is 0 Å². The Hall–Kier alpha value is -0.910. The fourth-order valence-corrected chi connectivity index (χ4v) is 4.97. The van der Waals surface area contributed by atoms with E-state index in [1.807, 2.05) is 7.05 Å². The molecule has 5 heteroatoms. The predicted molar refractivity (Wildman–Crippen MR) is 107 cm³/mol. The number of hydrogen-bond acceptors (Lipinski definition) is 4. The highest BCUT2D eigenvalue weighted by molar-refractivity contribution is 5.33. The number of fused-ring (bicyclic) bond motifs is 1. The molecule has 26 heavy (non-hydrogen) atoms. The molecule has 1 aromatic heterocycles. The smallest absolute Gasteiger partial charge is 0.0802 e. The molecule has 1 aliphatic carbocycles. The zero-order valence-corrected chi connectivity index (χ0v) is 17.3. The quantitative estimate of drug-likeness (QED) is 0.732. The zero-order valence-electron chi connectivity index (χ0n) is 17.3. The van der Waals surface area contributed by atoms with Crippen LogP contribution in [0.4, 0.5) is 0 Å². The van der Waals surface area contributed by atoms with Gasteiger partial charge in [-0.05, 0) is 71.9 Å². The summed E-state index contributed by atoms with van der Waals surface area (Å²) in [4.78, 5) is 2.40. The Morgan fingerprint density at radius 2 is 2.08 bits per heavy atom. The third-order valence-electron chi connectivity index (χ3n) is 6.52. The molecule has 0 aromatic carbocycles. The molecule has 0 radical (unpaired) electrons. The Kier molecular flexibility index (Phi) is 6.76. The largest absolute Gasteiger partial charge is 0.375 e. The number of aromatic nitrogens is 2. The molecule has 0 unspecified atom stereocenters. The van der Waals surface area contributed by atoms with Crippen molar-refractivity contribution >= 4 is 0 Å². The highest BCUT2D eigenvalue weighted by Crippen LogP contribution is 2.44. The summed E-state index contributed by atoms with van der Waals surface area (Å²) < 4.78 is 8.49. The lowest BCUT2D eigenvalue weighted by Gasteiger charge is -2.39. The number of rotatable bonds is 9. The van der Waals surface area contributed by atoms with Crippen molar-refractivity contribution in [3.8, 4) is 0 Å². The maximum Gasteiger partial charge on any atom is 0.0802 e. The first-order valence-electron chi connectivity index (χ1n) is 10.7. The van der Waals surface area contributed by atoms with Gasteiger partial charge in [-0.1, -0.05) is 6.92 Å². The summed E-state index contributed by atoms with van der Waals surface area (Å²) in [6.45, 7) is 9.42. The summed E-state index contributed by atoms with van der Waals surface area (Å²) in [5, 5.41) is 8.28. The first-order valence-corrected chi connectivity index (χ1v) is 10.7. The van der Waals surface area contributed by atoms with Gasteiger partial charge < -0.3 is 10.1 Å². The van der Waals surface area contributed by atoms with Crippen LogP contribution in [0.1, 0.15) is 75.2 Å². The van der Waals surface area contributed by atoms with Crippen LogP contribution in [0.15, 0.2) is 0 Å². The van der Waals surface area contributed by atoms with E-state index in [1.165, 1.54) is 49.9 Å². The molecule has 1 aromatic rings. The van der Waals surface area contributed by atoms with Crippen LogP contribution < -0.4 is 5.32 Å². The molecule has 1 saturated carbocycles. The van der Waals surface area contributed by atoms with Crippen LogP contribution in [0.25, 0.3) is 0 Å². The third-order valence-corrected chi connectivity index (χ3v) is 6.52. The molecule has 0 saturated heterocycles.